The summed E-state index contributed by atoms with van der Waals surface area (Å²) in [5, 5.41) is 15.0. The number of rotatable bonds is 3. The Morgan fingerprint density at radius 2 is 2.43 bits per heavy atom. The second-order valence-electron chi connectivity index (χ2n) is 3.40. The third-order valence-electron chi connectivity index (χ3n) is 2.11. The van der Waals surface area contributed by atoms with E-state index in [4.69, 9.17) is 0 Å². The molecule has 1 amide bonds. The maximum atomic E-state index is 11.4. The van der Waals surface area contributed by atoms with Crippen molar-refractivity contribution in [2.24, 2.45) is 5.92 Å². The average molecular weight is 212 g/mol. The van der Waals surface area contributed by atoms with Gasteiger partial charge in [0.15, 0.2) is 0 Å². The zero-order chi connectivity index (χ0) is 9.97. The molecule has 1 aromatic heterocycles. The molecule has 14 heavy (non-hydrogen) atoms. The Morgan fingerprint density at radius 1 is 1.64 bits per heavy atom. The monoisotopic (exact) mass is 212 g/mol. The van der Waals surface area contributed by atoms with Crippen LogP contribution in [-0.4, -0.2) is 29.2 Å². The molecule has 5 nitrogen and oxygen atoms in total. The molecule has 2 rings (SSSR count). The molecule has 76 valence electrons. The van der Waals surface area contributed by atoms with Crippen molar-refractivity contribution < 1.29 is 4.79 Å². The number of carbonyl (C=O) groups is 1. The molecular weight excluding hydrogens is 200 g/mol. The first-order valence-electron chi connectivity index (χ1n) is 4.54. The molecule has 2 N–H and O–H groups in total. The summed E-state index contributed by atoms with van der Waals surface area (Å²) < 4.78 is 0. The van der Waals surface area contributed by atoms with Gasteiger partial charge in [-0.3, -0.25) is 4.79 Å². The molecule has 0 radical (unpaired) electrons. The minimum absolute atomic E-state index is 0.0349. The van der Waals surface area contributed by atoms with Crippen molar-refractivity contribution in [3.05, 3.63) is 5.01 Å². The van der Waals surface area contributed by atoms with Gasteiger partial charge in [-0.25, -0.2) is 0 Å². The van der Waals surface area contributed by atoms with Gasteiger partial charge in [-0.1, -0.05) is 11.3 Å². The molecule has 0 bridgehead atoms. The molecule has 0 spiro atoms. The lowest BCUT2D eigenvalue weighted by Gasteiger charge is -2.25. The van der Waals surface area contributed by atoms with E-state index in [-0.39, 0.29) is 5.91 Å². The summed E-state index contributed by atoms with van der Waals surface area (Å²) >= 11 is 1.40. The van der Waals surface area contributed by atoms with Crippen molar-refractivity contribution in [1.29, 1.82) is 0 Å². The number of aromatic nitrogens is 2. The first-order chi connectivity index (χ1) is 6.74. The Balaban J connectivity index is 1.81. The molecule has 0 unspecified atom stereocenters. The summed E-state index contributed by atoms with van der Waals surface area (Å²) in [7, 11) is 0. The van der Waals surface area contributed by atoms with Crippen molar-refractivity contribution in [2.75, 3.05) is 18.4 Å². The molecule has 0 atom stereocenters. The zero-order valence-electron chi connectivity index (χ0n) is 7.91. The minimum Gasteiger partial charge on any atom is -0.316 e. The fourth-order valence-electron chi connectivity index (χ4n) is 1.27. The Hall–Kier alpha value is -1.01. The topological polar surface area (TPSA) is 66.9 Å². The van der Waals surface area contributed by atoms with E-state index in [1.165, 1.54) is 11.3 Å². The number of aryl methyl sites for hydroxylation is 1. The largest absolute Gasteiger partial charge is 0.316 e. The summed E-state index contributed by atoms with van der Waals surface area (Å²) in [5.41, 5.74) is 0. The first kappa shape index (κ1) is 9.54. The van der Waals surface area contributed by atoms with E-state index >= 15 is 0 Å². The van der Waals surface area contributed by atoms with E-state index in [0.717, 1.165) is 18.1 Å². The zero-order valence-corrected chi connectivity index (χ0v) is 8.73. The molecule has 0 aliphatic carbocycles. The molecule has 1 aliphatic heterocycles. The molecule has 1 aliphatic rings. The second-order valence-corrected chi connectivity index (χ2v) is 4.58. The van der Waals surface area contributed by atoms with Crippen LogP contribution in [0.4, 0.5) is 5.13 Å². The van der Waals surface area contributed by atoms with Crippen LogP contribution in [0.2, 0.25) is 0 Å². The smallest absolute Gasteiger partial charge is 0.226 e. The Labute approximate surface area is 85.9 Å². The number of amides is 1. The van der Waals surface area contributed by atoms with Crippen LogP contribution in [-0.2, 0) is 4.79 Å². The van der Waals surface area contributed by atoms with Gasteiger partial charge in [0.2, 0.25) is 11.0 Å². The maximum absolute atomic E-state index is 11.4. The average Bonchev–Trinajstić information content (AvgIpc) is 2.44. The van der Waals surface area contributed by atoms with Crippen molar-refractivity contribution in [3.8, 4) is 0 Å². The Morgan fingerprint density at radius 3 is 2.93 bits per heavy atom. The summed E-state index contributed by atoms with van der Waals surface area (Å²) in [6.45, 7) is 3.76. The fourth-order valence-corrected chi connectivity index (χ4v) is 1.88. The van der Waals surface area contributed by atoms with Gasteiger partial charge >= 0.3 is 0 Å². The van der Waals surface area contributed by atoms with Crippen LogP contribution in [0.15, 0.2) is 0 Å². The second kappa shape index (κ2) is 4.02. The standard InChI is InChI=1S/C8H12N4OS/c1-5-11-12-8(14-5)10-7(13)2-6-3-9-4-6/h6,9H,2-4H2,1H3,(H,10,12,13). The predicted molar refractivity (Wildman–Crippen MR) is 54.3 cm³/mol. The van der Waals surface area contributed by atoms with Crippen molar-refractivity contribution in [1.82, 2.24) is 15.5 Å². The molecule has 1 fully saturated rings. The van der Waals surface area contributed by atoms with Crippen LogP contribution in [0, 0.1) is 12.8 Å². The highest BCUT2D eigenvalue weighted by Gasteiger charge is 2.20. The number of hydrogen-bond acceptors (Lipinski definition) is 5. The van der Waals surface area contributed by atoms with E-state index in [1.807, 2.05) is 6.92 Å². The van der Waals surface area contributed by atoms with Crippen LogP contribution in [0.5, 0.6) is 0 Å². The fraction of sp³-hybridized carbons (Fsp3) is 0.625. The van der Waals surface area contributed by atoms with Crippen LogP contribution in [0.25, 0.3) is 0 Å². The molecule has 1 aromatic rings. The summed E-state index contributed by atoms with van der Waals surface area (Å²) in [6.07, 6.45) is 0.575. The van der Waals surface area contributed by atoms with Gasteiger partial charge in [0.25, 0.3) is 0 Å². The number of hydrogen-bond donors (Lipinski definition) is 2. The molecule has 0 saturated carbocycles. The Kier molecular flexibility index (Phi) is 2.74. The lowest BCUT2D eigenvalue weighted by molar-refractivity contribution is -0.117. The number of nitrogens with one attached hydrogen (secondary N) is 2. The van der Waals surface area contributed by atoms with Gasteiger partial charge in [-0.15, -0.1) is 10.2 Å². The van der Waals surface area contributed by atoms with Gasteiger partial charge in [-0.05, 0) is 25.9 Å². The summed E-state index contributed by atoms with van der Waals surface area (Å²) in [6, 6.07) is 0. The van der Waals surface area contributed by atoms with Crippen LogP contribution < -0.4 is 10.6 Å². The lowest BCUT2D eigenvalue weighted by Crippen LogP contribution is -2.43. The summed E-state index contributed by atoms with van der Waals surface area (Å²) in [5.74, 6) is 0.525. The van der Waals surface area contributed by atoms with E-state index in [9.17, 15) is 4.79 Å². The lowest BCUT2D eigenvalue weighted by atomic mass is 9.99. The molecular formula is C8H12N4OS. The molecule has 2 heterocycles. The third kappa shape index (κ3) is 2.27. The van der Waals surface area contributed by atoms with Crippen LogP contribution in [0.3, 0.4) is 0 Å². The third-order valence-corrected chi connectivity index (χ3v) is 2.87. The maximum Gasteiger partial charge on any atom is 0.226 e. The van der Waals surface area contributed by atoms with Gasteiger partial charge < -0.3 is 10.6 Å². The van der Waals surface area contributed by atoms with Crippen molar-refractivity contribution >= 4 is 22.4 Å². The van der Waals surface area contributed by atoms with E-state index in [2.05, 4.69) is 20.8 Å². The SMILES string of the molecule is Cc1nnc(NC(=O)CC2CNC2)s1. The first-order valence-corrected chi connectivity index (χ1v) is 5.36. The number of nitrogens with zero attached hydrogens (tertiary/aromatic N) is 2. The van der Waals surface area contributed by atoms with Gasteiger partial charge in [0, 0.05) is 6.42 Å². The van der Waals surface area contributed by atoms with Crippen molar-refractivity contribution in [3.63, 3.8) is 0 Å². The normalized spacial score (nSPS) is 16.4. The van der Waals surface area contributed by atoms with Crippen LogP contribution >= 0.6 is 11.3 Å². The molecule has 1 saturated heterocycles. The molecule has 6 heteroatoms. The predicted octanol–water partition coefficient (Wildman–Crippen LogP) is 0.395. The summed E-state index contributed by atoms with van der Waals surface area (Å²) in [4.78, 5) is 11.4. The minimum atomic E-state index is 0.0349. The van der Waals surface area contributed by atoms with Gasteiger partial charge in [-0.2, -0.15) is 0 Å². The van der Waals surface area contributed by atoms with E-state index < -0.39 is 0 Å². The highest BCUT2D eigenvalue weighted by molar-refractivity contribution is 7.15. The van der Waals surface area contributed by atoms with E-state index in [1.54, 1.807) is 0 Å². The molecule has 0 aromatic carbocycles. The highest BCUT2D eigenvalue weighted by atomic mass is 32.1. The van der Waals surface area contributed by atoms with Crippen LogP contribution in [0.1, 0.15) is 11.4 Å². The van der Waals surface area contributed by atoms with Gasteiger partial charge in [0.05, 0.1) is 0 Å². The van der Waals surface area contributed by atoms with E-state index in [0.29, 0.717) is 17.5 Å². The Bertz CT molecular complexity index is 334. The highest BCUT2D eigenvalue weighted by Crippen LogP contribution is 2.15. The van der Waals surface area contributed by atoms with Gasteiger partial charge in [0.1, 0.15) is 5.01 Å². The van der Waals surface area contributed by atoms with Crippen molar-refractivity contribution in [2.45, 2.75) is 13.3 Å². The quantitative estimate of drug-likeness (QED) is 0.761. The number of anilines is 1. The number of carbonyl (C=O) groups excluding carboxylic acids is 1.